The Balaban J connectivity index is 1.63. The van der Waals surface area contributed by atoms with Crippen LogP contribution in [0, 0.1) is 25.7 Å². The van der Waals surface area contributed by atoms with Crippen LogP contribution in [0.2, 0.25) is 0 Å². The number of aliphatic hydroxyl groups excluding tert-OH is 2. The van der Waals surface area contributed by atoms with Gasteiger partial charge in [0.2, 0.25) is 15.8 Å². The summed E-state index contributed by atoms with van der Waals surface area (Å²) in [5.41, 5.74) is 2.43. The standard InChI is InChI=1S/C27H30N4O10S/c1-10-23(11(2)41-30-10)42(39,40)29-9-13-7-16(31(3)4)15-6-12-5-14-8-17(32)20(26(28)37)25(36)27(14,38)24(35)18(12)22(34)19(15)21(13)33/h7,12,14,29,33-34,36,38H,5-6,8-9H2,1-4H3,(H2,28,37). The summed E-state index contributed by atoms with van der Waals surface area (Å²) in [6, 6.07) is 1.56. The van der Waals surface area contributed by atoms with E-state index in [0.717, 1.165) is 0 Å². The van der Waals surface area contributed by atoms with Gasteiger partial charge in [0.25, 0.3) is 5.91 Å². The summed E-state index contributed by atoms with van der Waals surface area (Å²) in [7, 11) is -0.708. The number of Topliss-reactive ketones (excluding diaryl/α,β-unsaturated/α-hetero) is 2. The zero-order valence-electron chi connectivity index (χ0n) is 23.2. The van der Waals surface area contributed by atoms with Gasteiger partial charge in [0.05, 0.1) is 5.56 Å². The van der Waals surface area contributed by atoms with Crippen molar-refractivity contribution in [2.24, 2.45) is 17.6 Å². The molecular weight excluding hydrogens is 572 g/mol. The Morgan fingerprint density at radius 2 is 1.88 bits per heavy atom. The van der Waals surface area contributed by atoms with E-state index < -0.39 is 80.7 Å². The van der Waals surface area contributed by atoms with Gasteiger partial charge in [0, 0.05) is 49.8 Å². The van der Waals surface area contributed by atoms with Crippen molar-refractivity contribution < 1.29 is 47.8 Å². The second kappa shape index (κ2) is 9.68. The molecule has 0 radical (unpaired) electrons. The van der Waals surface area contributed by atoms with Crippen LogP contribution in [0.4, 0.5) is 5.69 Å². The molecule has 5 rings (SSSR count). The zero-order chi connectivity index (χ0) is 31.0. The normalized spacial score (nSPS) is 23.9. The Kier molecular flexibility index (Phi) is 6.75. The zero-order valence-corrected chi connectivity index (χ0v) is 24.0. The number of aryl methyl sites for hydroxylation is 2. The highest BCUT2D eigenvalue weighted by Crippen LogP contribution is 2.53. The number of ketones is 2. The first kappa shape index (κ1) is 29.3. The van der Waals surface area contributed by atoms with Gasteiger partial charge in [-0.2, -0.15) is 0 Å². The molecule has 14 nitrogen and oxygen atoms in total. The molecule has 0 saturated heterocycles. The molecule has 3 unspecified atom stereocenters. The number of anilines is 1. The summed E-state index contributed by atoms with van der Waals surface area (Å²) < 4.78 is 33.4. The Morgan fingerprint density at radius 1 is 1.21 bits per heavy atom. The summed E-state index contributed by atoms with van der Waals surface area (Å²) in [5.74, 6) is -7.26. The molecule has 0 aliphatic heterocycles. The molecule has 7 N–H and O–H groups in total. The average molecular weight is 603 g/mol. The minimum Gasteiger partial charge on any atom is -0.508 e. The van der Waals surface area contributed by atoms with Crippen molar-refractivity contribution in [2.45, 2.75) is 50.2 Å². The van der Waals surface area contributed by atoms with E-state index >= 15 is 0 Å². The van der Waals surface area contributed by atoms with Crippen molar-refractivity contribution in [3.63, 3.8) is 0 Å². The lowest BCUT2D eigenvalue weighted by atomic mass is 9.59. The number of nitrogens with two attached hydrogens (primary N) is 1. The molecule has 3 aliphatic rings. The molecule has 1 heterocycles. The third kappa shape index (κ3) is 4.10. The molecule has 3 atom stereocenters. The lowest BCUT2D eigenvalue weighted by Gasteiger charge is -2.46. The van der Waals surface area contributed by atoms with Crippen molar-refractivity contribution in [1.82, 2.24) is 9.88 Å². The summed E-state index contributed by atoms with van der Waals surface area (Å²) in [5, 5.41) is 48.6. The first-order valence-electron chi connectivity index (χ1n) is 13.0. The average Bonchev–Trinajstić information content (AvgIpc) is 3.23. The van der Waals surface area contributed by atoms with Gasteiger partial charge in [-0.05, 0) is 44.2 Å². The molecule has 15 heteroatoms. The molecule has 2 aromatic rings. The predicted octanol–water partition coefficient (Wildman–Crippen LogP) is 0.573. The maximum atomic E-state index is 13.8. The van der Waals surface area contributed by atoms with E-state index in [2.05, 4.69) is 9.88 Å². The number of amides is 1. The van der Waals surface area contributed by atoms with Crippen LogP contribution in [0.3, 0.4) is 0 Å². The van der Waals surface area contributed by atoms with E-state index in [-0.39, 0.29) is 45.9 Å². The maximum Gasteiger partial charge on any atom is 0.255 e. The number of sulfonamides is 1. The molecule has 0 spiro atoms. The van der Waals surface area contributed by atoms with Crippen molar-refractivity contribution in [3.05, 3.63) is 51.1 Å². The molecule has 1 aromatic heterocycles. The number of carbonyl (C=O) groups excluding carboxylic acids is 3. The second-order valence-corrected chi connectivity index (χ2v) is 12.7. The van der Waals surface area contributed by atoms with Gasteiger partial charge >= 0.3 is 0 Å². The number of carbonyl (C=O) groups is 3. The molecule has 3 aliphatic carbocycles. The number of benzene rings is 1. The quantitative estimate of drug-likeness (QED) is 0.249. The molecule has 224 valence electrons. The fraction of sp³-hybridized carbons (Fsp3) is 0.407. The Bertz CT molecular complexity index is 1730. The smallest absolute Gasteiger partial charge is 0.255 e. The molecule has 1 aromatic carbocycles. The third-order valence-electron chi connectivity index (χ3n) is 8.29. The largest absolute Gasteiger partial charge is 0.508 e. The summed E-state index contributed by atoms with van der Waals surface area (Å²) in [4.78, 5) is 39.7. The first-order chi connectivity index (χ1) is 19.5. The van der Waals surface area contributed by atoms with E-state index in [1.807, 2.05) is 0 Å². The van der Waals surface area contributed by atoms with Gasteiger partial charge in [0.1, 0.15) is 33.4 Å². The fourth-order valence-corrected chi connectivity index (χ4v) is 7.69. The molecule has 42 heavy (non-hydrogen) atoms. The molecule has 0 bridgehead atoms. The van der Waals surface area contributed by atoms with Crippen LogP contribution in [-0.4, -0.2) is 71.2 Å². The minimum absolute atomic E-state index is 0.00443. The van der Waals surface area contributed by atoms with Crippen molar-refractivity contribution in [1.29, 1.82) is 0 Å². The first-order valence-corrected chi connectivity index (χ1v) is 14.5. The van der Waals surface area contributed by atoms with E-state index in [4.69, 9.17) is 10.3 Å². The number of nitrogens with one attached hydrogen (secondary N) is 1. The Hall–Kier alpha value is -4.21. The highest BCUT2D eigenvalue weighted by atomic mass is 32.2. The lowest BCUT2D eigenvalue weighted by Crippen LogP contribution is -2.58. The Morgan fingerprint density at radius 3 is 2.45 bits per heavy atom. The van der Waals surface area contributed by atoms with Gasteiger partial charge in [0.15, 0.2) is 17.1 Å². The van der Waals surface area contributed by atoms with E-state index in [1.165, 1.54) is 13.8 Å². The molecule has 1 amide bonds. The maximum absolute atomic E-state index is 13.8. The predicted molar refractivity (Wildman–Crippen MR) is 146 cm³/mol. The third-order valence-corrected chi connectivity index (χ3v) is 9.93. The summed E-state index contributed by atoms with van der Waals surface area (Å²) >= 11 is 0. The van der Waals surface area contributed by atoms with Crippen LogP contribution < -0.4 is 15.4 Å². The molecule has 1 fully saturated rings. The topological polar surface area (TPSA) is 234 Å². The van der Waals surface area contributed by atoms with Gasteiger partial charge in [-0.15, -0.1) is 0 Å². The lowest BCUT2D eigenvalue weighted by molar-refractivity contribution is -0.147. The monoisotopic (exact) mass is 602 g/mol. The van der Waals surface area contributed by atoms with Crippen LogP contribution in [0.25, 0.3) is 5.76 Å². The van der Waals surface area contributed by atoms with Crippen LogP contribution in [-0.2, 0) is 37.4 Å². The van der Waals surface area contributed by atoms with E-state index in [1.54, 1.807) is 25.1 Å². The van der Waals surface area contributed by atoms with Gasteiger partial charge in [-0.25, -0.2) is 13.1 Å². The Labute approximate surface area is 240 Å². The number of aromatic nitrogens is 1. The fourth-order valence-electron chi connectivity index (χ4n) is 6.36. The minimum atomic E-state index is -4.12. The van der Waals surface area contributed by atoms with Gasteiger partial charge in [-0.3, -0.25) is 14.4 Å². The number of aliphatic hydroxyl groups is 3. The number of fused-ring (bicyclic) bond motifs is 3. The highest BCUT2D eigenvalue weighted by Gasteiger charge is 2.60. The van der Waals surface area contributed by atoms with E-state index in [9.17, 15) is 43.2 Å². The van der Waals surface area contributed by atoms with Gasteiger partial charge < -0.3 is 35.6 Å². The highest BCUT2D eigenvalue weighted by molar-refractivity contribution is 7.89. The number of nitrogens with zero attached hydrogens (tertiary/aromatic N) is 2. The SMILES string of the molecule is Cc1noc(C)c1S(=O)(=O)NCc1cc(N(C)C)c2c(c1O)C(O)=C1C(=O)C3(O)C(O)=C(C(N)=O)C(=O)CC3CC1C2. The van der Waals surface area contributed by atoms with Crippen LogP contribution >= 0.6 is 0 Å². The van der Waals surface area contributed by atoms with Crippen LogP contribution in [0.1, 0.15) is 41.0 Å². The van der Waals surface area contributed by atoms with Crippen molar-refractivity contribution in [2.75, 3.05) is 19.0 Å². The van der Waals surface area contributed by atoms with Crippen molar-refractivity contribution >= 4 is 38.9 Å². The number of hydrogen-bond acceptors (Lipinski definition) is 12. The number of primary amides is 1. The van der Waals surface area contributed by atoms with Crippen LogP contribution in [0.5, 0.6) is 5.75 Å². The molecular formula is C27H30N4O10S. The number of aromatic hydroxyl groups is 1. The summed E-state index contributed by atoms with van der Waals surface area (Å²) in [6.45, 7) is 2.50. The van der Waals surface area contributed by atoms with Crippen LogP contribution in [0.15, 0.2) is 32.4 Å². The van der Waals surface area contributed by atoms with E-state index in [0.29, 0.717) is 11.3 Å². The van der Waals surface area contributed by atoms with Gasteiger partial charge in [-0.1, -0.05) is 5.16 Å². The summed E-state index contributed by atoms with van der Waals surface area (Å²) in [6.07, 6.45) is -0.311. The number of phenolic OH excluding ortho intramolecular Hbond substituents is 1. The second-order valence-electron chi connectivity index (χ2n) is 11.0. The molecule has 1 saturated carbocycles. The van der Waals surface area contributed by atoms with Crippen molar-refractivity contribution in [3.8, 4) is 5.75 Å². The number of hydrogen-bond donors (Lipinski definition) is 6. The number of rotatable bonds is 6. The number of phenols is 1.